The van der Waals surface area contributed by atoms with E-state index in [0.717, 1.165) is 29.3 Å². The van der Waals surface area contributed by atoms with E-state index in [-0.39, 0.29) is 18.4 Å². The molecule has 0 aliphatic carbocycles. The van der Waals surface area contributed by atoms with E-state index >= 15 is 0 Å². The van der Waals surface area contributed by atoms with Crippen LogP contribution in [0, 0.1) is 0 Å². The minimum Gasteiger partial charge on any atom is -0.378 e. The van der Waals surface area contributed by atoms with Crippen molar-refractivity contribution in [3.63, 3.8) is 0 Å². The lowest BCUT2D eigenvalue weighted by molar-refractivity contribution is 0.0767. The van der Waals surface area contributed by atoms with Crippen LogP contribution in [0.25, 0.3) is 0 Å². The molecule has 2 rings (SSSR count). The third-order valence-electron chi connectivity index (χ3n) is 2.26. The zero-order chi connectivity index (χ0) is 9.97. The maximum atomic E-state index is 5.87. The van der Waals surface area contributed by atoms with E-state index in [9.17, 15) is 0 Å². The van der Waals surface area contributed by atoms with Gasteiger partial charge in [-0.15, -0.1) is 12.4 Å². The summed E-state index contributed by atoms with van der Waals surface area (Å²) in [7, 11) is 0. The molecule has 1 heterocycles. The molecule has 1 aliphatic heterocycles. The molecule has 1 aromatic carbocycles. The summed E-state index contributed by atoms with van der Waals surface area (Å²) in [6, 6.07) is 6.11. The average Bonchev–Trinajstić information content (AvgIpc) is 2.19. The SMILES string of the molecule is Cl.Clc1ccc([C@H]2COCCN2)c(Br)c1. The first-order valence-electron chi connectivity index (χ1n) is 4.53. The molecular weight excluding hydrogens is 301 g/mol. The molecule has 0 spiro atoms. The van der Waals surface area contributed by atoms with Crippen molar-refractivity contribution in [2.75, 3.05) is 19.8 Å². The number of benzene rings is 1. The van der Waals surface area contributed by atoms with Crippen molar-refractivity contribution in [1.29, 1.82) is 0 Å². The maximum Gasteiger partial charge on any atom is 0.0662 e. The second-order valence-corrected chi connectivity index (χ2v) is 4.54. The maximum absolute atomic E-state index is 5.87. The van der Waals surface area contributed by atoms with Gasteiger partial charge in [-0.25, -0.2) is 0 Å². The van der Waals surface area contributed by atoms with Gasteiger partial charge in [-0.1, -0.05) is 33.6 Å². The van der Waals surface area contributed by atoms with Crippen LogP contribution in [0.2, 0.25) is 5.02 Å². The van der Waals surface area contributed by atoms with Crippen LogP contribution in [-0.4, -0.2) is 19.8 Å². The third kappa shape index (κ3) is 3.33. The summed E-state index contributed by atoms with van der Waals surface area (Å²) in [5.74, 6) is 0. The van der Waals surface area contributed by atoms with Gasteiger partial charge < -0.3 is 10.1 Å². The molecule has 1 atom stereocenters. The smallest absolute Gasteiger partial charge is 0.0662 e. The molecule has 2 nitrogen and oxygen atoms in total. The highest BCUT2D eigenvalue weighted by Crippen LogP contribution is 2.27. The number of morpholine rings is 1. The number of halogens is 3. The molecule has 84 valence electrons. The molecule has 0 amide bonds. The molecule has 0 bridgehead atoms. The Morgan fingerprint density at radius 1 is 1.47 bits per heavy atom. The molecule has 1 aromatic rings. The van der Waals surface area contributed by atoms with Crippen molar-refractivity contribution in [1.82, 2.24) is 5.32 Å². The quantitative estimate of drug-likeness (QED) is 0.860. The van der Waals surface area contributed by atoms with Gasteiger partial charge in [0, 0.05) is 16.0 Å². The number of hydrogen-bond donors (Lipinski definition) is 1. The number of ether oxygens (including phenoxy) is 1. The molecule has 0 aromatic heterocycles. The van der Waals surface area contributed by atoms with Crippen molar-refractivity contribution in [2.45, 2.75) is 6.04 Å². The van der Waals surface area contributed by atoms with Crippen molar-refractivity contribution in [3.8, 4) is 0 Å². The summed E-state index contributed by atoms with van der Waals surface area (Å²) in [5.41, 5.74) is 1.20. The summed E-state index contributed by atoms with van der Waals surface area (Å²) in [5, 5.41) is 4.15. The third-order valence-corrected chi connectivity index (χ3v) is 3.18. The van der Waals surface area contributed by atoms with Crippen molar-refractivity contribution < 1.29 is 4.74 Å². The van der Waals surface area contributed by atoms with Crippen LogP contribution in [0.3, 0.4) is 0 Å². The Balaban J connectivity index is 0.00000112. The van der Waals surface area contributed by atoms with E-state index in [1.165, 1.54) is 5.56 Å². The van der Waals surface area contributed by atoms with Gasteiger partial charge >= 0.3 is 0 Å². The Kier molecular flexibility index (Phi) is 5.36. The monoisotopic (exact) mass is 311 g/mol. The number of rotatable bonds is 1. The van der Waals surface area contributed by atoms with Crippen LogP contribution in [0.15, 0.2) is 22.7 Å². The first-order valence-corrected chi connectivity index (χ1v) is 5.70. The Bertz CT molecular complexity index is 329. The normalized spacial score (nSPS) is 20.8. The van der Waals surface area contributed by atoms with Crippen LogP contribution in [0.4, 0.5) is 0 Å². The van der Waals surface area contributed by atoms with E-state index in [1.807, 2.05) is 18.2 Å². The molecule has 1 fully saturated rings. The molecule has 1 N–H and O–H groups in total. The first kappa shape index (κ1) is 13.3. The minimum absolute atomic E-state index is 0. The lowest BCUT2D eigenvalue weighted by atomic mass is 10.1. The van der Waals surface area contributed by atoms with E-state index < -0.39 is 0 Å². The van der Waals surface area contributed by atoms with Gasteiger partial charge in [0.2, 0.25) is 0 Å². The van der Waals surface area contributed by atoms with Gasteiger partial charge in [0.05, 0.1) is 19.3 Å². The average molecular weight is 313 g/mol. The molecule has 15 heavy (non-hydrogen) atoms. The van der Waals surface area contributed by atoms with E-state index in [2.05, 4.69) is 21.2 Å². The second-order valence-electron chi connectivity index (χ2n) is 3.25. The highest BCUT2D eigenvalue weighted by atomic mass is 79.9. The molecular formula is C10H12BrCl2NO. The molecule has 0 radical (unpaired) electrons. The fraction of sp³-hybridized carbons (Fsp3) is 0.400. The fourth-order valence-electron chi connectivity index (χ4n) is 1.55. The molecule has 1 aliphatic rings. The van der Waals surface area contributed by atoms with E-state index in [4.69, 9.17) is 16.3 Å². The van der Waals surface area contributed by atoms with Gasteiger partial charge in [-0.05, 0) is 17.7 Å². The lowest BCUT2D eigenvalue weighted by Gasteiger charge is -2.25. The van der Waals surface area contributed by atoms with Gasteiger partial charge in [-0.2, -0.15) is 0 Å². The van der Waals surface area contributed by atoms with Gasteiger partial charge in [0.25, 0.3) is 0 Å². The van der Waals surface area contributed by atoms with Crippen LogP contribution >= 0.6 is 39.9 Å². The van der Waals surface area contributed by atoms with Gasteiger partial charge in [0.15, 0.2) is 0 Å². The highest BCUT2D eigenvalue weighted by molar-refractivity contribution is 9.10. The summed E-state index contributed by atoms with van der Waals surface area (Å²) in [4.78, 5) is 0. The van der Waals surface area contributed by atoms with Crippen molar-refractivity contribution in [2.24, 2.45) is 0 Å². The number of hydrogen-bond acceptors (Lipinski definition) is 2. The minimum atomic E-state index is 0. The molecule has 5 heteroatoms. The van der Waals surface area contributed by atoms with Crippen molar-refractivity contribution in [3.05, 3.63) is 33.3 Å². The predicted octanol–water partition coefficient (Wildman–Crippen LogP) is 3.19. The summed E-state index contributed by atoms with van der Waals surface area (Å²) in [6.07, 6.45) is 0. The summed E-state index contributed by atoms with van der Waals surface area (Å²) in [6.45, 7) is 2.42. The Hall–Kier alpha value is 0.200. The highest BCUT2D eigenvalue weighted by Gasteiger charge is 2.17. The van der Waals surface area contributed by atoms with Crippen LogP contribution in [-0.2, 0) is 4.74 Å². The molecule has 0 unspecified atom stereocenters. The Morgan fingerprint density at radius 3 is 2.87 bits per heavy atom. The molecule has 1 saturated heterocycles. The Labute approximate surface area is 109 Å². The zero-order valence-corrected chi connectivity index (χ0v) is 11.2. The second kappa shape index (κ2) is 6.06. The van der Waals surface area contributed by atoms with Gasteiger partial charge in [-0.3, -0.25) is 0 Å². The lowest BCUT2D eigenvalue weighted by Crippen LogP contribution is -2.34. The summed E-state index contributed by atoms with van der Waals surface area (Å²) < 4.78 is 6.44. The molecule has 0 saturated carbocycles. The first-order chi connectivity index (χ1) is 6.77. The fourth-order valence-corrected chi connectivity index (χ4v) is 2.51. The van der Waals surface area contributed by atoms with E-state index in [0.29, 0.717) is 0 Å². The van der Waals surface area contributed by atoms with Crippen molar-refractivity contribution >= 4 is 39.9 Å². The topological polar surface area (TPSA) is 21.3 Å². The standard InChI is InChI=1S/C10H11BrClNO.ClH/c11-9-5-7(12)1-2-8(9)10-6-14-4-3-13-10;/h1-2,5,10,13H,3-4,6H2;1H/t10-;/m1./s1. The van der Waals surface area contributed by atoms with E-state index in [1.54, 1.807) is 0 Å². The zero-order valence-electron chi connectivity index (χ0n) is 8.00. The predicted molar refractivity (Wildman–Crippen MR) is 68.0 cm³/mol. The van der Waals surface area contributed by atoms with Crippen LogP contribution in [0.1, 0.15) is 11.6 Å². The van der Waals surface area contributed by atoms with Crippen LogP contribution < -0.4 is 5.32 Å². The van der Waals surface area contributed by atoms with Crippen LogP contribution in [0.5, 0.6) is 0 Å². The Morgan fingerprint density at radius 2 is 2.27 bits per heavy atom. The summed E-state index contributed by atoms with van der Waals surface area (Å²) >= 11 is 9.38. The number of nitrogens with one attached hydrogen (secondary N) is 1. The van der Waals surface area contributed by atoms with Gasteiger partial charge in [0.1, 0.15) is 0 Å². The largest absolute Gasteiger partial charge is 0.378 e.